The lowest BCUT2D eigenvalue weighted by atomic mass is 10.1. The van der Waals surface area contributed by atoms with Crippen molar-refractivity contribution in [3.05, 3.63) is 46.5 Å². The van der Waals surface area contributed by atoms with E-state index in [-0.39, 0.29) is 24.5 Å². The molecule has 7 heteroatoms. The summed E-state index contributed by atoms with van der Waals surface area (Å²) in [5.74, 6) is -2.32. The quantitative estimate of drug-likeness (QED) is 0.863. The van der Waals surface area contributed by atoms with Gasteiger partial charge in [-0.25, -0.2) is 13.8 Å². The molecule has 0 unspecified atom stereocenters. The van der Waals surface area contributed by atoms with Crippen LogP contribution in [0.1, 0.15) is 29.4 Å². The van der Waals surface area contributed by atoms with E-state index in [0.29, 0.717) is 16.4 Å². The zero-order chi connectivity index (χ0) is 15.4. The molecule has 2 rings (SSSR count). The minimum atomic E-state index is -0.932. The van der Waals surface area contributed by atoms with Gasteiger partial charge in [-0.3, -0.25) is 9.59 Å². The van der Waals surface area contributed by atoms with Crippen LogP contribution < -0.4 is 5.32 Å². The molecular formula is C14H12F2N2O2S. The van der Waals surface area contributed by atoms with Crippen molar-refractivity contribution in [2.45, 2.75) is 19.8 Å². The van der Waals surface area contributed by atoms with Gasteiger partial charge in [-0.1, -0.05) is 6.07 Å². The lowest BCUT2D eigenvalue weighted by Crippen LogP contribution is -2.12. The fourth-order valence-corrected chi connectivity index (χ4v) is 2.39. The van der Waals surface area contributed by atoms with E-state index in [9.17, 15) is 18.4 Å². The number of nitrogens with zero attached hydrogens (tertiary/aromatic N) is 1. The molecule has 21 heavy (non-hydrogen) atoms. The highest BCUT2D eigenvalue weighted by Gasteiger charge is 2.10. The van der Waals surface area contributed by atoms with E-state index in [0.717, 1.165) is 23.5 Å². The molecule has 1 aromatic heterocycles. The first-order valence-corrected chi connectivity index (χ1v) is 7.04. The maximum absolute atomic E-state index is 13.0. The first kappa shape index (κ1) is 15.2. The van der Waals surface area contributed by atoms with Gasteiger partial charge < -0.3 is 5.32 Å². The van der Waals surface area contributed by atoms with Crippen molar-refractivity contribution >= 4 is 28.2 Å². The first-order valence-electron chi connectivity index (χ1n) is 6.16. The molecule has 1 N–H and O–H groups in total. The van der Waals surface area contributed by atoms with E-state index in [2.05, 4.69) is 10.3 Å². The number of amides is 1. The van der Waals surface area contributed by atoms with Gasteiger partial charge >= 0.3 is 0 Å². The van der Waals surface area contributed by atoms with Gasteiger partial charge in [0, 0.05) is 18.7 Å². The molecule has 0 fully saturated rings. The van der Waals surface area contributed by atoms with E-state index < -0.39 is 11.6 Å². The summed E-state index contributed by atoms with van der Waals surface area (Å²) < 4.78 is 25.8. The van der Waals surface area contributed by atoms with Crippen molar-refractivity contribution in [1.29, 1.82) is 0 Å². The van der Waals surface area contributed by atoms with Crippen LogP contribution in [0.2, 0.25) is 0 Å². The van der Waals surface area contributed by atoms with E-state index in [1.54, 1.807) is 5.38 Å². The second-order valence-corrected chi connectivity index (χ2v) is 5.25. The molecule has 0 aliphatic heterocycles. The molecule has 0 spiro atoms. The number of hydrogen-bond acceptors (Lipinski definition) is 4. The van der Waals surface area contributed by atoms with Crippen molar-refractivity contribution in [2.24, 2.45) is 0 Å². The van der Waals surface area contributed by atoms with Crippen LogP contribution in [-0.4, -0.2) is 16.7 Å². The average molecular weight is 310 g/mol. The molecule has 0 radical (unpaired) electrons. The van der Waals surface area contributed by atoms with Crippen molar-refractivity contribution < 1.29 is 18.4 Å². The third kappa shape index (κ3) is 4.16. The summed E-state index contributed by atoms with van der Waals surface area (Å²) in [6, 6.07) is 3.53. The minimum absolute atomic E-state index is 0.111. The Kier molecular flexibility index (Phi) is 4.74. The Morgan fingerprint density at radius 2 is 2.05 bits per heavy atom. The Morgan fingerprint density at radius 3 is 2.67 bits per heavy atom. The van der Waals surface area contributed by atoms with Gasteiger partial charge in [0.05, 0.1) is 0 Å². The number of anilines is 1. The molecule has 0 saturated heterocycles. The molecule has 0 atom stereocenters. The van der Waals surface area contributed by atoms with E-state index in [4.69, 9.17) is 0 Å². The largest absolute Gasteiger partial charge is 0.302 e. The first-order chi connectivity index (χ1) is 9.95. The summed E-state index contributed by atoms with van der Waals surface area (Å²) >= 11 is 1.16. The predicted octanol–water partition coefficient (Wildman–Crippen LogP) is 3.20. The number of rotatable bonds is 5. The number of ketones is 1. The Labute approximate surface area is 123 Å². The highest BCUT2D eigenvalue weighted by molar-refractivity contribution is 7.14. The second kappa shape index (κ2) is 6.53. The normalized spacial score (nSPS) is 10.4. The number of halogens is 2. The fourth-order valence-electron chi connectivity index (χ4n) is 1.63. The van der Waals surface area contributed by atoms with Crippen molar-refractivity contribution in [3.8, 4) is 0 Å². The predicted molar refractivity (Wildman–Crippen MR) is 75.4 cm³/mol. The van der Waals surface area contributed by atoms with Crippen LogP contribution in [0.15, 0.2) is 23.6 Å². The Bertz CT molecular complexity index is 685. The lowest BCUT2D eigenvalue weighted by Gasteiger charge is -2.03. The summed E-state index contributed by atoms with van der Waals surface area (Å²) in [6.45, 7) is 1.39. The molecule has 4 nitrogen and oxygen atoms in total. The number of thiazole rings is 1. The van der Waals surface area contributed by atoms with Crippen LogP contribution in [0.25, 0.3) is 0 Å². The number of carbonyl (C=O) groups excluding carboxylic acids is 2. The van der Waals surface area contributed by atoms with Gasteiger partial charge in [-0.05, 0) is 24.1 Å². The van der Waals surface area contributed by atoms with Crippen LogP contribution >= 0.6 is 11.3 Å². The molecule has 0 saturated carbocycles. The van der Waals surface area contributed by atoms with Crippen molar-refractivity contribution in [2.75, 3.05) is 5.32 Å². The molecule has 1 heterocycles. The molecule has 0 aliphatic rings. The summed E-state index contributed by atoms with van der Waals surface area (Å²) in [5.41, 5.74) is 0.837. The lowest BCUT2D eigenvalue weighted by molar-refractivity contribution is -0.116. The second-order valence-electron chi connectivity index (χ2n) is 4.39. The molecule has 2 aromatic rings. The summed E-state index contributed by atoms with van der Waals surface area (Å²) in [5, 5.41) is 4.47. The van der Waals surface area contributed by atoms with Gasteiger partial charge in [-0.2, -0.15) is 0 Å². The maximum Gasteiger partial charge on any atom is 0.226 e. The van der Waals surface area contributed by atoms with Gasteiger partial charge in [0.2, 0.25) is 5.91 Å². The average Bonchev–Trinajstić information content (AvgIpc) is 2.89. The smallest absolute Gasteiger partial charge is 0.226 e. The third-order valence-electron chi connectivity index (χ3n) is 2.74. The number of Topliss-reactive ketones (excluding diaryl/α,β-unsaturated/α-hetero) is 1. The van der Waals surface area contributed by atoms with Crippen LogP contribution in [0, 0.1) is 11.6 Å². The summed E-state index contributed by atoms with van der Waals surface area (Å²) in [7, 11) is 0. The number of aryl methyl sites for hydroxylation is 1. The Morgan fingerprint density at radius 1 is 1.29 bits per heavy atom. The van der Waals surface area contributed by atoms with Gasteiger partial charge in [0.25, 0.3) is 0 Å². The molecule has 1 amide bonds. The topological polar surface area (TPSA) is 59.1 Å². The molecule has 0 aliphatic carbocycles. The molecule has 0 bridgehead atoms. The number of aromatic nitrogens is 1. The number of hydrogen-bond donors (Lipinski definition) is 1. The van der Waals surface area contributed by atoms with E-state index >= 15 is 0 Å². The van der Waals surface area contributed by atoms with Crippen LogP contribution in [0.4, 0.5) is 13.9 Å². The van der Waals surface area contributed by atoms with Gasteiger partial charge in [-0.15, -0.1) is 11.3 Å². The number of nitrogens with one attached hydrogen (secondary N) is 1. The van der Waals surface area contributed by atoms with Gasteiger partial charge in [0.1, 0.15) is 5.69 Å². The third-order valence-corrected chi connectivity index (χ3v) is 3.49. The Hall–Kier alpha value is -2.15. The highest BCUT2D eigenvalue weighted by Crippen LogP contribution is 2.16. The van der Waals surface area contributed by atoms with E-state index in [1.807, 2.05) is 0 Å². The van der Waals surface area contributed by atoms with Crippen molar-refractivity contribution in [1.82, 2.24) is 4.98 Å². The molecule has 110 valence electrons. The zero-order valence-corrected chi connectivity index (χ0v) is 12.0. The standard InChI is InChI=1S/C14H12F2N2O2S/c1-8(19)12-7-21-14(17-12)18-13(20)5-3-9-2-4-10(15)11(16)6-9/h2,4,6-7H,3,5H2,1H3,(H,17,18,20). The molecule has 1 aromatic carbocycles. The number of carbonyl (C=O) groups is 2. The van der Waals surface area contributed by atoms with Gasteiger partial charge in [0.15, 0.2) is 22.5 Å². The summed E-state index contributed by atoms with van der Waals surface area (Å²) in [6.07, 6.45) is 0.397. The van der Waals surface area contributed by atoms with Crippen LogP contribution in [0.3, 0.4) is 0 Å². The summed E-state index contributed by atoms with van der Waals surface area (Å²) in [4.78, 5) is 26.8. The highest BCUT2D eigenvalue weighted by atomic mass is 32.1. The van der Waals surface area contributed by atoms with Crippen LogP contribution in [0.5, 0.6) is 0 Å². The van der Waals surface area contributed by atoms with E-state index in [1.165, 1.54) is 13.0 Å². The monoisotopic (exact) mass is 310 g/mol. The zero-order valence-electron chi connectivity index (χ0n) is 11.2. The fraction of sp³-hybridized carbons (Fsp3) is 0.214. The molecular weight excluding hydrogens is 298 g/mol. The van der Waals surface area contributed by atoms with Crippen LogP contribution in [-0.2, 0) is 11.2 Å². The van der Waals surface area contributed by atoms with Crippen molar-refractivity contribution in [3.63, 3.8) is 0 Å². The SMILES string of the molecule is CC(=O)c1csc(NC(=O)CCc2ccc(F)c(F)c2)n1. The maximum atomic E-state index is 13.0. The minimum Gasteiger partial charge on any atom is -0.302 e. The Balaban J connectivity index is 1.89. The number of benzene rings is 1.